The van der Waals surface area contributed by atoms with E-state index >= 15 is 0 Å². The molecule has 0 atom stereocenters. The molecule has 0 bridgehead atoms. The number of carbonyl (C=O) groups is 2. The fourth-order valence-corrected chi connectivity index (χ4v) is 2.37. The second-order valence-electron chi connectivity index (χ2n) is 5.66. The Morgan fingerprint density at radius 3 is 2.37 bits per heavy atom. The molecular weight excluding hydrogens is 348 g/mol. The van der Waals surface area contributed by atoms with Crippen LogP contribution in [-0.2, 0) is 16.0 Å². The van der Waals surface area contributed by atoms with Gasteiger partial charge in [-0.05, 0) is 42.3 Å². The standard InChI is InChI=1S/C20H24N2O5/c1-25-17-8-9-18(26-2)15(12-17)10-11-21-19(23)13-22-20(24)14-27-16-6-4-3-5-7-16/h3-9,12H,10-11,13-14H2,1-2H3,(H,21,23)(H,22,24). The maximum Gasteiger partial charge on any atom is 0.258 e. The molecule has 27 heavy (non-hydrogen) atoms. The van der Waals surface area contributed by atoms with Crippen molar-refractivity contribution < 1.29 is 23.8 Å². The summed E-state index contributed by atoms with van der Waals surface area (Å²) in [6, 6.07) is 14.5. The highest BCUT2D eigenvalue weighted by molar-refractivity contribution is 5.85. The molecule has 2 N–H and O–H groups in total. The summed E-state index contributed by atoms with van der Waals surface area (Å²) >= 11 is 0. The molecule has 0 heterocycles. The lowest BCUT2D eigenvalue weighted by atomic mass is 10.1. The third-order valence-corrected chi connectivity index (χ3v) is 3.76. The van der Waals surface area contributed by atoms with Crippen LogP contribution in [0.4, 0.5) is 0 Å². The van der Waals surface area contributed by atoms with Gasteiger partial charge in [0.15, 0.2) is 6.61 Å². The lowest BCUT2D eigenvalue weighted by Crippen LogP contribution is -2.39. The van der Waals surface area contributed by atoms with Crippen LogP contribution in [0.3, 0.4) is 0 Å². The predicted octanol–water partition coefficient (Wildman–Crippen LogP) is 1.56. The fraction of sp³-hybridized carbons (Fsp3) is 0.300. The molecule has 7 nitrogen and oxygen atoms in total. The summed E-state index contributed by atoms with van der Waals surface area (Å²) in [5, 5.41) is 5.28. The van der Waals surface area contributed by atoms with Crippen molar-refractivity contribution in [3.05, 3.63) is 54.1 Å². The third-order valence-electron chi connectivity index (χ3n) is 3.76. The van der Waals surface area contributed by atoms with E-state index in [9.17, 15) is 9.59 Å². The molecule has 2 amide bonds. The van der Waals surface area contributed by atoms with Gasteiger partial charge in [0.2, 0.25) is 5.91 Å². The Labute approximate surface area is 158 Å². The van der Waals surface area contributed by atoms with E-state index in [2.05, 4.69) is 10.6 Å². The fourth-order valence-electron chi connectivity index (χ4n) is 2.37. The number of carbonyl (C=O) groups excluding carboxylic acids is 2. The van der Waals surface area contributed by atoms with E-state index in [4.69, 9.17) is 14.2 Å². The lowest BCUT2D eigenvalue weighted by molar-refractivity contribution is -0.127. The van der Waals surface area contributed by atoms with E-state index in [0.29, 0.717) is 18.7 Å². The zero-order chi connectivity index (χ0) is 19.5. The highest BCUT2D eigenvalue weighted by Gasteiger charge is 2.08. The molecule has 0 aliphatic carbocycles. The molecule has 0 saturated carbocycles. The largest absolute Gasteiger partial charge is 0.497 e. The number of benzene rings is 2. The molecule has 0 aromatic heterocycles. The molecule has 0 fully saturated rings. The van der Waals surface area contributed by atoms with Gasteiger partial charge in [-0.25, -0.2) is 0 Å². The quantitative estimate of drug-likeness (QED) is 0.661. The van der Waals surface area contributed by atoms with Gasteiger partial charge in [0, 0.05) is 6.54 Å². The summed E-state index contributed by atoms with van der Waals surface area (Å²) in [5.41, 5.74) is 0.928. The molecule has 7 heteroatoms. The first-order valence-corrected chi connectivity index (χ1v) is 8.54. The van der Waals surface area contributed by atoms with Crippen molar-refractivity contribution in [1.82, 2.24) is 10.6 Å². The summed E-state index contributed by atoms with van der Waals surface area (Å²) in [6.45, 7) is 0.170. The summed E-state index contributed by atoms with van der Waals surface area (Å²) in [6.07, 6.45) is 0.581. The van der Waals surface area contributed by atoms with Crippen molar-refractivity contribution in [2.75, 3.05) is 33.9 Å². The zero-order valence-corrected chi connectivity index (χ0v) is 15.5. The molecule has 0 unspecified atom stereocenters. The van der Waals surface area contributed by atoms with Gasteiger partial charge in [0.05, 0.1) is 20.8 Å². The molecule has 2 aromatic carbocycles. The lowest BCUT2D eigenvalue weighted by Gasteiger charge is -2.11. The van der Waals surface area contributed by atoms with Crippen LogP contribution in [0.15, 0.2) is 48.5 Å². The van der Waals surface area contributed by atoms with Gasteiger partial charge in [-0.1, -0.05) is 18.2 Å². The van der Waals surface area contributed by atoms with Crippen molar-refractivity contribution in [3.8, 4) is 17.2 Å². The number of amides is 2. The molecule has 0 spiro atoms. The van der Waals surface area contributed by atoms with E-state index in [1.807, 2.05) is 36.4 Å². The molecule has 0 aliphatic rings. The Morgan fingerprint density at radius 2 is 1.67 bits per heavy atom. The average Bonchev–Trinajstić information content (AvgIpc) is 2.71. The van der Waals surface area contributed by atoms with E-state index in [1.165, 1.54) is 0 Å². The number of hydrogen-bond acceptors (Lipinski definition) is 5. The molecule has 0 radical (unpaired) electrons. The van der Waals surface area contributed by atoms with Crippen LogP contribution < -0.4 is 24.8 Å². The van der Waals surface area contributed by atoms with Crippen LogP contribution in [-0.4, -0.2) is 45.7 Å². The summed E-state index contributed by atoms with van der Waals surface area (Å²) in [7, 11) is 3.19. The maximum atomic E-state index is 11.9. The molecule has 2 rings (SSSR count). The molecule has 144 valence electrons. The van der Waals surface area contributed by atoms with Crippen LogP contribution in [0.1, 0.15) is 5.56 Å². The smallest absolute Gasteiger partial charge is 0.258 e. The van der Waals surface area contributed by atoms with Crippen LogP contribution in [0.25, 0.3) is 0 Å². The Balaban J connectivity index is 1.68. The SMILES string of the molecule is COc1ccc(OC)c(CCNC(=O)CNC(=O)COc2ccccc2)c1. The Kier molecular flexibility index (Phi) is 7.96. The van der Waals surface area contributed by atoms with Crippen molar-refractivity contribution >= 4 is 11.8 Å². The van der Waals surface area contributed by atoms with Gasteiger partial charge in [-0.15, -0.1) is 0 Å². The van der Waals surface area contributed by atoms with Crippen molar-refractivity contribution in [2.45, 2.75) is 6.42 Å². The summed E-state index contributed by atoms with van der Waals surface area (Å²) in [5.74, 6) is 1.43. The first-order chi connectivity index (χ1) is 13.1. The zero-order valence-electron chi connectivity index (χ0n) is 15.5. The monoisotopic (exact) mass is 372 g/mol. The summed E-state index contributed by atoms with van der Waals surface area (Å²) in [4.78, 5) is 23.6. The number of nitrogens with one attached hydrogen (secondary N) is 2. The topological polar surface area (TPSA) is 85.9 Å². The Hall–Kier alpha value is -3.22. The van der Waals surface area contributed by atoms with Crippen LogP contribution in [0.2, 0.25) is 0 Å². The molecule has 0 aliphatic heterocycles. The average molecular weight is 372 g/mol. The van der Waals surface area contributed by atoms with Gasteiger partial charge in [-0.3, -0.25) is 9.59 Å². The predicted molar refractivity (Wildman–Crippen MR) is 101 cm³/mol. The first-order valence-electron chi connectivity index (χ1n) is 8.54. The van der Waals surface area contributed by atoms with E-state index in [1.54, 1.807) is 26.4 Å². The second-order valence-corrected chi connectivity index (χ2v) is 5.66. The molecule has 2 aromatic rings. The Morgan fingerprint density at radius 1 is 0.889 bits per heavy atom. The molecule has 0 saturated heterocycles. The van der Waals surface area contributed by atoms with Crippen molar-refractivity contribution in [1.29, 1.82) is 0 Å². The Bertz CT molecular complexity index is 749. The highest BCUT2D eigenvalue weighted by atomic mass is 16.5. The van der Waals surface area contributed by atoms with Gasteiger partial charge >= 0.3 is 0 Å². The van der Waals surface area contributed by atoms with Gasteiger partial charge in [-0.2, -0.15) is 0 Å². The molecular formula is C20H24N2O5. The minimum atomic E-state index is -0.358. The van der Waals surface area contributed by atoms with Gasteiger partial charge < -0.3 is 24.8 Å². The number of hydrogen-bond donors (Lipinski definition) is 2. The second kappa shape index (κ2) is 10.7. The number of methoxy groups -OCH3 is 2. The summed E-state index contributed by atoms with van der Waals surface area (Å²) < 4.78 is 15.8. The van der Waals surface area contributed by atoms with E-state index < -0.39 is 0 Å². The van der Waals surface area contributed by atoms with Crippen LogP contribution >= 0.6 is 0 Å². The van der Waals surface area contributed by atoms with Crippen LogP contribution in [0, 0.1) is 0 Å². The van der Waals surface area contributed by atoms with Gasteiger partial charge in [0.25, 0.3) is 5.91 Å². The van der Waals surface area contributed by atoms with Crippen molar-refractivity contribution in [2.24, 2.45) is 0 Å². The maximum absolute atomic E-state index is 11.9. The number of ether oxygens (including phenoxy) is 3. The third kappa shape index (κ3) is 6.89. The van der Waals surface area contributed by atoms with E-state index in [-0.39, 0.29) is 25.0 Å². The normalized spacial score (nSPS) is 10.0. The first kappa shape index (κ1) is 20.1. The number of rotatable bonds is 10. The van der Waals surface area contributed by atoms with Gasteiger partial charge in [0.1, 0.15) is 17.2 Å². The minimum absolute atomic E-state index is 0.105. The number of para-hydroxylation sites is 1. The van der Waals surface area contributed by atoms with Crippen LogP contribution in [0.5, 0.6) is 17.2 Å². The van der Waals surface area contributed by atoms with Crippen molar-refractivity contribution in [3.63, 3.8) is 0 Å². The highest BCUT2D eigenvalue weighted by Crippen LogP contribution is 2.24. The van der Waals surface area contributed by atoms with E-state index in [0.717, 1.165) is 17.1 Å². The minimum Gasteiger partial charge on any atom is -0.497 e.